The SMILES string of the molecule is CN(C)CCCSc1n[nH]c(=S)s1.Cl. The Bertz CT molecular complexity index is 296. The molecule has 0 aliphatic heterocycles. The molecule has 14 heavy (non-hydrogen) atoms. The Morgan fingerprint density at radius 3 is 2.79 bits per heavy atom. The first kappa shape index (κ1) is 14.4. The van der Waals surface area contributed by atoms with E-state index < -0.39 is 0 Å². The van der Waals surface area contributed by atoms with Crippen molar-refractivity contribution >= 4 is 47.7 Å². The summed E-state index contributed by atoms with van der Waals surface area (Å²) < 4.78 is 1.80. The fourth-order valence-electron chi connectivity index (χ4n) is 0.818. The monoisotopic (exact) mass is 271 g/mol. The standard InChI is InChI=1S/C7H13N3S3.ClH/c1-10(2)4-3-5-12-7-9-8-6(11)13-7;/h3-5H2,1-2H3,(H,8,11);1H. The second-order valence-corrected chi connectivity index (χ2v) is 5.89. The molecule has 0 bridgehead atoms. The van der Waals surface area contributed by atoms with Gasteiger partial charge in [0.2, 0.25) is 0 Å². The lowest BCUT2D eigenvalue weighted by Gasteiger charge is -2.07. The molecule has 0 aromatic carbocycles. The minimum Gasteiger partial charge on any atom is -0.309 e. The Balaban J connectivity index is 0.00000169. The Labute approximate surface area is 104 Å². The summed E-state index contributed by atoms with van der Waals surface area (Å²) in [6.07, 6.45) is 1.18. The molecule has 0 unspecified atom stereocenters. The molecule has 0 amide bonds. The maximum Gasteiger partial charge on any atom is 0.177 e. The van der Waals surface area contributed by atoms with Crippen LogP contribution < -0.4 is 0 Å². The zero-order chi connectivity index (χ0) is 9.68. The molecule has 0 saturated carbocycles. The Hall–Kier alpha value is 0.380. The van der Waals surface area contributed by atoms with Gasteiger partial charge in [0.15, 0.2) is 8.29 Å². The smallest absolute Gasteiger partial charge is 0.177 e. The number of aromatic amines is 1. The first-order chi connectivity index (χ1) is 6.18. The van der Waals surface area contributed by atoms with Crippen molar-refractivity contribution in [3.63, 3.8) is 0 Å². The van der Waals surface area contributed by atoms with Gasteiger partial charge in [-0.1, -0.05) is 23.1 Å². The van der Waals surface area contributed by atoms with Crippen LogP contribution in [0.1, 0.15) is 6.42 Å². The van der Waals surface area contributed by atoms with Gasteiger partial charge in [0, 0.05) is 5.75 Å². The van der Waals surface area contributed by atoms with Crippen LogP contribution in [0.2, 0.25) is 0 Å². The number of aromatic nitrogens is 2. The van der Waals surface area contributed by atoms with E-state index in [-0.39, 0.29) is 12.4 Å². The van der Waals surface area contributed by atoms with Gasteiger partial charge in [0.25, 0.3) is 0 Å². The van der Waals surface area contributed by atoms with Crippen molar-refractivity contribution in [1.29, 1.82) is 0 Å². The van der Waals surface area contributed by atoms with Crippen LogP contribution in [0, 0.1) is 3.95 Å². The molecule has 0 saturated heterocycles. The van der Waals surface area contributed by atoms with Gasteiger partial charge in [0.05, 0.1) is 0 Å². The van der Waals surface area contributed by atoms with Crippen molar-refractivity contribution in [2.24, 2.45) is 0 Å². The highest BCUT2D eigenvalue weighted by Crippen LogP contribution is 2.20. The van der Waals surface area contributed by atoms with E-state index in [1.165, 1.54) is 6.42 Å². The zero-order valence-electron chi connectivity index (χ0n) is 8.15. The van der Waals surface area contributed by atoms with Crippen LogP contribution >= 0.6 is 47.7 Å². The summed E-state index contributed by atoms with van der Waals surface area (Å²) in [4.78, 5) is 2.19. The highest BCUT2D eigenvalue weighted by molar-refractivity contribution is 8.01. The third-order valence-corrected chi connectivity index (χ3v) is 3.71. The molecule has 0 spiro atoms. The van der Waals surface area contributed by atoms with Gasteiger partial charge >= 0.3 is 0 Å². The molecule has 1 rings (SSSR count). The fraction of sp³-hybridized carbons (Fsp3) is 0.714. The first-order valence-corrected chi connectivity index (χ1v) is 6.22. The van der Waals surface area contributed by atoms with Crippen LogP contribution in [-0.4, -0.2) is 41.5 Å². The Kier molecular flexibility index (Phi) is 7.85. The zero-order valence-corrected chi connectivity index (χ0v) is 11.4. The summed E-state index contributed by atoms with van der Waals surface area (Å²) in [5, 5.41) is 6.84. The molecule has 0 aliphatic rings. The van der Waals surface area contributed by atoms with Crippen LogP contribution in [0.5, 0.6) is 0 Å². The van der Waals surface area contributed by atoms with Gasteiger partial charge in [-0.3, -0.25) is 5.10 Å². The van der Waals surface area contributed by atoms with Crippen LogP contribution in [0.3, 0.4) is 0 Å². The maximum absolute atomic E-state index is 4.93. The second kappa shape index (κ2) is 7.64. The summed E-state index contributed by atoms with van der Waals surface area (Å²) in [6.45, 7) is 1.13. The number of H-pyrrole nitrogens is 1. The van der Waals surface area contributed by atoms with E-state index in [2.05, 4.69) is 29.2 Å². The number of hydrogen-bond acceptors (Lipinski definition) is 5. The van der Waals surface area contributed by atoms with Crippen LogP contribution in [-0.2, 0) is 0 Å². The van der Waals surface area contributed by atoms with Crippen LogP contribution in [0.15, 0.2) is 4.34 Å². The van der Waals surface area contributed by atoms with Crippen molar-refractivity contribution in [1.82, 2.24) is 15.1 Å². The molecule has 1 heterocycles. The lowest BCUT2D eigenvalue weighted by atomic mass is 10.5. The van der Waals surface area contributed by atoms with Gasteiger partial charge in [-0.2, -0.15) is 5.10 Å². The van der Waals surface area contributed by atoms with E-state index in [1.807, 2.05) is 0 Å². The number of thioether (sulfide) groups is 1. The summed E-state index contributed by atoms with van der Waals surface area (Å²) in [5.41, 5.74) is 0. The van der Waals surface area contributed by atoms with Gasteiger partial charge in [-0.25, -0.2) is 0 Å². The Morgan fingerprint density at radius 2 is 2.29 bits per heavy atom. The predicted octanol–water partition coefficient (Wildman–Crippen LogP) is 2.67. The van der Waals surface area contributed by atoms with Crippen molar-refractivity contribution in [2.45, 2.75) is 10.8 Å². The second-order valence-electron chi connectivity index (χ2n) is 2.88. The van der Waals surface area contributed by atoms with Gasteiger partial charge in [-0.05, 0) is 39.3 Å². The molecule has 7 heteroatoms. The van der Waals surface area contributed by atoms with E-state index in [0.717, 1.165) is 20.6 Å². The van der Waals surface area contributed by atoms with Crippen molar-refractivity contribution in [3.8, 4) is 0 Å². The molecular formula is C7H14ClN3S3. The molecule has 82 valence electrons. The van der Waals surface area contributed by atoms with E-state index in [4.69, 9.17) is 12.2 Å². The highest BCUT2D eigenvalue weighted by Gasteiger charge is 1.98. The number of nitrogens with zero attached hydrogens (tertiary/aromatic N) is 2. The molecule has 0 atom stereocenters. The van der Waals surface area contributed by atoms with Crippen molar-refractivity contribution in [3.05, 3.63) is 3.95 Å². The third kappa shape index (κ3) is 5.98. The molecule has 1 aromatic rings. The highest BCUT2D eigenvalue weighted by atomic mass is 35.5. The molecular weight excluding hydrogens is 258 g/mol. The average Bonchev–Trinajstić information content (AvgIpc) is 2.45. The number of hydrogen-bond donors (Lipinski definition) is 1. The van der Waals surface area contributed by atoms with E-state index >= 15 is 0 Å². The number of nitrogens with one attached hydrogen (secondary N) is 1. The maximum atomic E-state index is 4.93. The largest absolute Gasteiger partial charge is 0.309 e. The molecule has 0 fully saturated rings. The molecule has 1 aromatic heterocycles. The quantitative estimate of drug-likeness (QED) is 0.507. The summed E-state index contributed by atoms with van der Waals surface area (Å²) in [7, 11) is 4.17. The van der Waals surface area contributed by atoms with Gasteiger partial charge in [-0.15, -0.1) is 12.4 Å². The normalized spacial score (nSPS) is 10.2. The predicted molar refractivity (Wildman–Crippen MR) is 68.4 cm³/mol. The summed E-state index contributed by atoms with van der Waals surface area (Å²) in [6, 6.07) is 0. The van der Waals surface area contributed by atoms with E-state index in [9.17, 15) is 0 Å². The number of halogens is 1. The summed E-state index contributed by atoms with van der Waals surface area (Å²) in [5.74, 6) is 1.11. The van der Waals surface area contributed by atoms with Gasteiger partial charge in [0.1, 0.15) is 0 Å². The minimum atomic E-state index is 0. The first-order valence-electron chi connectivity index (χ1n) is 4.01. The van der Waals surface area contributed by atoms with Crippen molar-refractivity contribution < 1.29 is 0 Å². The third-order valence-electron chi connectivity index (χ3n) is 1.39. The molecule has 0 radical (unpaired) electrons. The lowest BCUT2D eigenvalue weighted by molar-refractivity contribution is 0.410. The Morgan fingerprint density at radius 1 is 1.57 bits per heavy atom. The van der Waals surface area contributed by atoms with Crippen LogP contribution in [0.4, 0.5) is 0 Å². The van der Waals surface area contributed by atoms with Crippen LogP contribution in [0.25, 0.3) is 0 Å². The number of rotatable bonds is 5. The summed E-state index contributed by atoms with van der Waals surface area (Å²) >= 11 is 8.24. The fourth-order valence-corrected chi connectivity index (χ4v) is 2.89. The van der Waals surface area contributed by atoms with Gasteiger partial charge < -0.3 is 4.90 Å². The topological polar surface area (TPSA) is 31.9 Å². The lowest BCUT2D eigenvalue weighted by Crippen LogP contribution is -2.13. The minimum absolute atomic E-state index is 0. The van der Waals surface area contributed by atoms with Crippen molar-refractivity contribution in [2.75, 3.05) is 26.4 Å². The molecule has 0 aliphatic carbocycles. The van der Waals surface area contributed by atoms with E-state index in [1.54, 1.807) is 23.1 Å². The average molecular weight is 272 g/mol. The molecule has 3 nitrogen and oxygen atoms in total. The molecule has 1 N–H and O–H groups in total. The van der Waals surface area contributed by atoms with E-state index in [0.29, 0.717) is 0 Å².